The number of carbonyl (C=O) groups excluding carboxylic acids is 1. The molecule has 1 saturated heterocycles. The summed E-state index contributed by atoms with van der Waals surface area (Å²) in [5, 5.41) is 0.522. The Hall–Kier alpha value is -1.83. The number of hydrogen-bond donors (Lipinski definition) is 0. The minimum absolute atomic E-state index is 0.263. The molecule has 2 nitrogen and oxygen atoms in total. The van der Waals surface area contributed by atoms with Gasteiger partial charge in [0.15, 0.2) is 4.32 Å². The zero-order chi connectivity index (χ0) is 18.2. The summed E-state index contributed by atoms with van der Waals surface area (Å²) in [6, 6.07) is 11.3. The van der Waals surface area contributed by atoms with Crippen molar-refractivity contribution >= 4 is 57.6 Å². The smallest absolute Gasteiger partial charge is 0.268 e. The Kier molecular flexibility index (Phi) is 4.90. The van der Waals surface area contributed by atoms with Gasteiger partial charge in [-0.1, -0.05) is 47.7 Å². The summed E-state index contributed by atoms with van der Waals surface area (Å²) in [7, 11) is 0. The molecular formula is C17H9ClF3NOS2. The first-order chi connectivity index (χ1) is 11.8. The van der Waals surface area contributed by atoms with E-state index in [1.165, 1.54) is 23.1 Å². The lowest BCUT2D eigenvalue weighted by Crippen LogP contribution is -2.27. The fraction of sp³-hybridized carbons (Fsp3) is 0.0588. The number of alkyl halides is 3. The molecule has 0 radical (unpaired) electrons. The van der Waals surface area contributed by atoms with Crippen LogP contribution < -0.4 is 4.90 Å². The summed E-state index contributed by atoms with van der Waals surface area (Å²) >= 11 is 12.1. The van der Waals surface area contributed by atoms with E-state index in [4.69, 9.17) is 23.8 Å². The average Bonchev–Trinajstić information content (AvgIpc) is 2.82. The lowest BCUT2D eigenvalue weighted by molar-refractivity contribution is -0.137. The van der Waals surface area contributed by atoms with E-state index in [0.717, 1.165) is 23.9 Å². The Morgan fingerprint density at radius 1 is 1.12 bits per heavy atom. The Morgan fingerprint density at radius 2 is 1.80 bits per heavy atom. The molecular weight excluding hydrogens is 391 g/mol. The molecule has 0 aromatic heterocycles. The largest absolute Gasteiger partial charge is 0.416 e. The number of halogens is 4. The zero-order valence-corrected chi connectivity index (χ0v) is 14.8. The van der Waals surface area contributed by atoms with Crippen LogP contribution in [0.3, 0.4) is 0 Å². The van der Waals surface area contributed by atoms with E-state index < -0.39 is 11.7 Å². The van der Waals surface area contributed by atoms with Crippen LogP contribution in [0, 0.1) is 0 Å². The summed E-state index contributed by atoms with van der Waals surface area (Å²) in [6.45, 7) is 0. The average molecular weight is 400 g/mol. The molecule has 0 bridgehead atoms. The van der Waals surface area contributed by atoms with E-state index in [-0.39, 0.29) is 16.4 Å². The Labute approximate surface area is 156 Å². The summed E-state index contributed by atoms with van der Waals surface area (Å²) in [5.74, 6) is -0.380. The highest BCUT2D eigenvalue weighted by Gasteiger charge is 2.34. The molecule has 2 aromatic rings. The van der Waals surface area contributed by atoms with Gasteiger partial charge in [0.25, 0.3) is 5.91 Å². The molecule has 0 unspecified atom stereocenters. The topological polar surface area (TPSA) is 20.3 Å². The molecule has 128 valence electrons. The minimum Gasteiger partial charge on any atom is -0.268 e. The maximum Gasteiger partial charge on any atom is 0.416 e. The first-order valence-electron chi connectivity index (χ1n) is 6.96. The van der Waals surface area contributed by atoms with Crippen LogP contribution in [-0.4, -0.2) is 10.2 Å². The maximum absolute atomic E-state index is 12.8. The van der Waals surface area contributed by atoms with Crippen molar-refractivity contribution < 1.29 is 18.0 Å². The van der Waals surface area contributed by atoms with Crippen LogP contribution in [-0.2, 0) is 11.0 Å². The number of thioether (sulfide) groups is 1. The fourth-order valence-electron chi connectivity index (χ4n) is 2.24. The first-order valence-corrected chi connectivity index (χ1v) is 8.57. The van der Waals surface area contributed by atoms with Crippen molar-refractivity contribution in [2.45, 2.75) is 6.18 Å². The highest BCUT2D eigenvalue weighted by atomic mass is 35.5. The number of carbonyl (C=O) groups is 1. The number of thiocarbonyl (C=S) groups is 1. The van der Waals surface area contributed by atoms with E-state index in [9.17, 15) is 18.0 Å². The highest BCUT2D eigenvalue weighted by Crippen LogP contribution is 2.37. The van der Waals surface area contributed by atoms with Gasteiger partial charge in [-0.3, -0.25) is 9.69 Å². The van der Waals surface area contributed by atoms with Gasteiger partial charge in [-0.25, -0.2) is 0 Å². The molecule has 0 saturated carbocycles. The van der Waals surface area contributed by atoms with Crippen molar-refractivity contribution in [2.24, 2.45) is 0 Å². The summed E-state index contributed by atoms with van der Waals surface area (Å²) in [5.41, 5.74) is 0.0696. The standard InChI is InChI=1S/C17H9ClF3NOS2/c18-12-4-6-13(7-5-12)22-15(23)14(25-16(22)24)9-10-2-1-3-11(8-10)17(19,20)21/h1-9H/b14-9-. The monoisotopic (exact) mass is 399 g/mol. The lowest BCUT2D eigenvalue weighted by Gasteiger charge is -2.14. The SMILES string of the molecule is O=C1/C(=C/c2cccc(C(F)(F)F)c2)SC(=S)N1c1ccc(Cl)cc1. The number of rotatable bonds is 2. The van der Waals surface area contributed by atoms with Gasteiger partial charge in [0.2, 0.25) is 0 Å². The second kappa shape index (κ2) is 6.82. The van der Waals surface area contributed by atoms with Gasteiger partial charge in [-0.05, 0) is 48.0 Å². The summed E-state index contributed by atoms with van der Waals surface area (Å²) in [4.78, 5) is 14.2. The molecule has 0 aliphatic carbocycles. The maximum atomic E-state index is 12.8. The van der Waals surface area contributed by atoms with Gasteiger partial charge >= 0.3 is 6.18 Å². The van der Waals surface area contributed by atoms with Crippen LogP contribution in [0.5, 0.6) is 0 Å². The predicted molar refractivity (Wildman–Crippen MR) is 98.5 cm³/mol. The molecule has 1 aliphatic heterocycles. The molecule has 0 N–H and O–H groups in total. The van der Waals surface area contributed by atoms with E-state index in [0.29, 0.717) is 15.0 Å². The number of anilines is 1. The third kappa shape index (κ3) is 3.89. The molecule has 3 rings (SSSR count). The molecule has 8 heteroatoms. The fourth-order valence-corrected chi connectivity index (χ4v) is 3.66. The minimum atomic E-state index is -4.44. The summed E-state index contributed by atoms with van der Waals surface area (Å²) in [6.07, 6.45) is -3.03. The first kappa shape index (κ1) is 18.0. The van der Waals surface area contributed by atoms with Gasteiger partial charge in [0.1, 0.15) is 0 Å². The predicted octanol–water partition coefficient (Wildman–Crippen LogP) is 5.76. The zero-order valence-electron chi connectivity index (χ0n) is 12.4. The second-order valence-electron chi connectivity index (χ2n) is 5.12. The van der Waals surface area contributed by atoms with Gasteiger partial charge in [0.05, 0.1) is 16.2 Å². The van der Waals surface area contributed by atoms with Gasteiger partial charge in [-0.15, -0.1) is 0 Å². The van der Waals surface area contributed by atoms with Gasteiger partial charge < -0.3 is 0 Å². The number of benzene rings is 2. The third-order valence-electron chi connectivity index (χ3n) is 3.39. The second-order valence-corrected chi connectivity index (χ2v) is 7.23. The number of hydrogen-bond acceptors (Lipinski definition) is 3. The van der Waals surface area contributed by atoms with Crippen molar-refractivity contribution in [1.82, 2.24) is 0 Å². The van der Waals surface area contributed by atoms with Crippen LogP contribution >= 0.6 is 35.6 Å². The third-order valence-corrected chi connectivity index (χ3v) is 4.94. The van der Waals surface area contributed by atoms with Crippen LogP contribution in [0.25, 0.3) is 6.08 Å². The molecule has 1 heterocycles. The van der Waals surface area contributed by atoms with Crippen molar-refractivity contribution in [1.29, 1.82) is 0 Å². The highest BCUT2D eigenvalue weighted by molar-refractivity contribution is 8.27. The van der Waals surface area contributed by atoms with Gasteiger partial charge in [0, 0.05) is 5.02 Å². The van der Waals surface area contributed by atoms with Crippen molar-refractivity contribution in [3.05, 3.63) is 69.6 Å². The van der Waals surface area contributed by atoms with Gasteiger partial charge in [-0.2, -0.15) is 13.2 Å². The normalized spacial score (nSPS) is 16.8. The molecule has 1 amide bonds. The molecule has 25 heavy (non-hydrogen) atoms. The van der Waals surface area contributed by atoms with Crippen LogP contribution in [0.2, 0.25) is 5.02 Å². The van der Waals surface area contributed by atoms with Crippen molar-refractivity contribution in [3.8, 4) is 0 Å². The molecule has 1 fully saturated rings. The number of nitrogens with zero attached hydrogens (tertiary/aromatic N) is 1. The molecule has 0 spiro atoms. The Bertz CT molecular complexity index is 878. The van der Waals surface area contributed by atoms with Crippen LogP contribution in [0.15, 0.2) is 53.4 Å². The number of amides is 1. The van der Waals surface area contributed by atoms with Crippen LogP contribution in [0.1, 0.15) is 11.1 Å². The molecule has 2 aromatic carbocycles. The van der Waals surface area contributed by atoms with E-state index in [1.807, 2.05) is 0 Å². The van der Waals surface area contributed by atoms with E-state index in [1.54, 1.807) is 24.3 Å². The lowest BCUT2D eigenvalue weighted by atomic mass is 10.1. The van der Waals surface area contributed by atoms with E-state index >= 15 is 0 Å². The van der Waals surface area contributed by atoms with E-state index in [2.05, 4.69) is 0 Å². The molecule has 1 aliphatic rings. The van der Waals surface area contributed by atoms with Crippen molar-refractivity contribution in [2.75, 3.05) is 4.90 Å². The Morgan fingerprint density at radius 3 is 2.44 bits per heavy atom. The quantitative estimate of drug-likeness (QED) is 0.472. The van der Waals surface area contributed by atoms with Crippen molar-refractivity contribution in [3.63, 3.8) is 0 Å². The van der Waals surface area contributed by atoms with Crippen LogP contribution in [0.4, 0.5) is 18.9 Å². The summed E-state index contributed by atoms with van der Waals surface area (Å²) < 4.78 is 38.7. The Balaban J connectivity index is 1.92. The molecule has 0 atom stereocenters.